The highest BCUT2D eigenvalue weighted by Crippen LogP contribution is 2.22. The van der Waals surface area contributed by atoms with Gasteiger partial charge in [-0.05, 0) is 17.2 Å². The smallest absolute Gasteiger partial charge is 0.328 e. The van der Waals surface area contributed by atoms with Crippen molar-refractivity contribution in [2.45, 2.75) is 0 Å². The van der Waals surface area contributed by atoms with Gasteiger partial charge in [0.2, 0.25) is 0 Å². The number of carboxylic acid groups (broad SMARTS) is 1. The van der Waals surface area contributed by atoms with Gasteiger partial charge in [-0.15, -0.1) is 12.4 Å². The quantitative estimate of drug-likeness (QED) is 0.864. The lowest BCUT2D eigenvalue weighted by molar-refractivity contribution is -0.131. The van der Waals surface area contributed by atoms with Gasteiger partial charge in [-0.3, -0.25) is 4.98 Å². The maximum absolute atomic E-state index is 10.9. The topological polar surface area (TPSA) is 50.2 Å². The third-order valence-electron chi connectivity index (χ3n) is 2.33. The zero-order chi connectivity index (χ0) is 12.1. The molecule has 0 spiro atoms. The summed E-state index contributed by atoms with van der Waals surface area (Å²) in [5, 5.41) is 8.91. The van der Waals surface area contributed by atoms with E-state index in [1.165, 1.54) is 6.08 Å². The van der Waals surface area contributed by atoms with Crippen molar-refractivity contribution < 1.29 is 9.90 Å². The van der Waals surface area contributed by atoms with Gasteiger partial charge in [-0.2, -0.15) is 0 Å². The zero-order valence-electron chi connectivity index (χ0n) is 9.48. The van der Waals surface area contributed by atoms with Crippen LogP contribution in [0.15, 0.2) is 60.9 Å². The summed E-state index contributed by atoms with van der Waals surface area (Å²) in [5.74, 6) is -0.965. The van der Waals surface area contributed by atoms with E-state index in [4.69, 9.17) is 5.11 Å². The Morgan fingerprint density at radius 3 is 2.28 bits per heavy atom. The van der Waals surface area contributed by atoms with Crippen LogP contribution in [0.4, 0.5) is 0 Å². The van der Waals surface area contributed by atoms with Gasteiger partial charge < -0.3 is 5.11 Å². The average molecular weight is 262 g/mol. The monoisotopic (exact) mass is 261 g/mol. The van der Waals surface area contributed by atoms with E-state index in [-0.39, 0.29) is 12.4 Å². The normalized spacial score (nSPS) is 10.6. The Bertz CT molecular complexity index is 497. The highest BCUT2D eigenvalue weighted by molar-refractivity contribution is 5.95. The van der Waals surface area contributed by atoms with Crippen LogP contribution in [0.5, 0.6) is 0 Å². The van der Waals surface area contributed by atoms with Crippen molar-refractivity contribution >= 4 is 23.9 Å². The molecule has 0 fully saturated rings. The fraction of sp³-hybridized carbons (Fsp3) is 0. The first-order valence-corrected chi connectivity index (χ1v) is 5.18. The molecule has 0 saturated carbocycles. The molecule has 2 aromatic rings. The van der Waals surface area contributed by atoms with E-state index >= 15 is 0 Å². The second kappa shape index (κ2) is 6.57. The van der Waals surface area contributed by atoms with Crippen molar-refractivity contribution in [1.82, 2.24) is 4.98 Å². The molecule has 0 unspecified atom stereocenters. The average Bonchev–Trinajstić information content (AvgIpc) is 2.38. The fourth-order valence-electron chi connectivity index (χ4n) is 1.60. The molecule has 1 aromatic heterocycles. The molecule has 0 saturated heterocycles. The van der Waals surface area contributed by atoms with Gasteiger partial charge in [0.05, 0.1) is 0 Å². The maximum Gasteiger partial charge on any atom is 0.328 e. The number of carboxylic acids is 1. The Kier molecular flexibility index (Phi) is 5.08. The lowest BCUT2D eigenvalue weighted by Crippen LogP contribution is -1.94. The predicted molar refractivity (Wildman–Crippen MR) is 72.6 cm³/mol. The number of aromatic nitrogens is 1. The van der Waals surface area contributed by atoms with E-state index < -0.39 is 5.97 Å². The first-order valence-electron chi connectivity index (χ1n) is 5.18. The second-order valence-corrected chi connectivity index (χ2v) is 3.50. The van der Waals surface area contributed by atoms with Crippen molar-refractivity contribution in [1.29, 1.82) is 0 Å². The van der Waals surface area contributed by atoms with Crippen molar-refractivity contribution in [3.8, 4) is 0 Å². The first kappa shape index (κ1) is 13.9. The molecule has 3 nitrogen and oxygen atoms in total. The summed E-state index contributed by atoms with van der Waals surface area (Å²) in [6.45, 7) is 0. The first-order chi connectivity index (χ1) is 8.27. The lowest BCUT2D eigenvalue weighted by atomic mass is 9.99. The van der Waals surface area contributed by atoms with Crippen LogP contribution in [0.25, 0.3) is 5.57 Å². The van der Waals surface area contributed by atoms with E-state index in [9.17, 15) is 4.79 Å². The molecule has 1 N–H and O–H groups in total. The van der Waals surface area contributed by atoms with Crippen LogP contribution in [-0.2, 0) is 4.79 Å². The lowest BCUT2D eigenvalue weighted by Gasteiger charge is -2.06. The molecule has 0 atom stereocenters. The highest BCUT2D eigenvalue weighted by Gasteiger charge is 2.06. The summed E-state index contributed by atoms with van der Waals surface area (Å²) in [6, 6.07) is 13.0. The molecule has 2 rings (SSSR count). The van der Waals surface area contributed by atoms with Crippen molar-refractivity contribution in [3.05, 3.63) is 72.1 Å². The van der Waals surface area contributed by atoms with Gasteiger partial charge in [-0.1, -0.05) is 36.4 Å². The van der Waals surface area contributed by atoms with Crippen LogP contribution in [-0.4, -0.2) is 16.1 Å². The molecule has 0 radical (unpaired) electrons. The molecule has 0 aliphatic carbocycles. The Labute approximate surface area is 111 Å². The minimum Gasteiger partial charge on any atom is -0.478 e. The van der Waals surface area contributed by atoms with Crippen LogP contribution < -0.4 is 0 Å². The molecule has 0 bridgehead atoms. The summed E-state index contributed by atoms with van der Waals surface area (Å²) >= 11 is 0. The minimum absolute atomic E-state index is 0. The molecule has 1 aromatic carbocycles. The van der Waals surface area contributed by atoms with Crippen molar-refractivity contribution in [3.63, 3.8) is 0 Å². The Morgan fingerprint density at radius 1 is 1.06 bits per heavy atom. The third kappa shape index (κ3) is 3.43. The number of benzene rings is 1. The number of pyridine rings is 1. The molecule has 0 aliphatic rings. The minimum atomic E-state index is -0.965. The Balaban J connectivity index is 0.00000162. The van der Waals surface area contributed by atoms with Crippen LogP contribution in [0.1, 0.15) is 11.1 Å². The molecule has 1 heterocycles. The van der Waals surface area contributed by atoms with E-state index in [0.29, 0.717) is 5.57 Å². The van der Waals surface area contributed by atoms with Crippen molar-refractivity contribution in [2.75, 3.05) is 0 Å². The molecule has 92 valence electrons. The molecular weight excluding hydrogens is 250 g/mol. The highest BCUT2D eigenvalue weighted by atomic mass is 35.5. The summed E-state index contributed by atoms with van der Waals surface area (Å²) in [7, 11) is 0. The third-order valence-corrected chi connectivity index (χ3v) is 2.33. The van der Waals surface area contributed by atoms with E-state index in [1.807, 2.05) is 36.4 Å². The van der Waals surface area contributed by atoms with Gasteiger partial charge in [-0.25, -0.2) is 4.79 Å². The van der Waals surface area contributed by atoms with Crippen LogP contribution >= 0.6 is 12.4 Å². The second-order valence-electron chi connectivity index (χ2n) is 3.50. The van der Waals surface area contributed by atoms with E-state index in [0.717, 1.165) is 11.1 Å². The predicted octanol–water partition coefficient (Wildman–Crippen LogP) is 3.02. The SMILES string of the molecule is Cl.O=C(O)/C=C(/c1ccccc1)c1cccnc1. The zero-order valence-corrected chi connectivity index (χ0v) is 10.3. The number of hydrogen-bond acceptors (Lipinski definition) is 2. The number of rotatable bonds is 3. The van der Waals surface area contributed by atoms with Gasteiger partial charge in [0.1, 0.15) is 0 Å². The van der Waals surface area contributed by atoms with Gasteiger partial charge >= 0.3 is 5.97 Å². The van der Waals surface area contributed by atoms with Gasteiger partial charge in [0.15, 0.2) is 0 Å². The molecule has 0 aliphatic heterocycles. The number of halogens is 1. The van der Waals surface area contributed by atoms with Crippen molar-refractivity contribution in [2.24, 2.45) is 0 Å². The van der Waals surface area contributed by atoms with Crippen LogP contribution in [0.2, 0.25) is 0 Å². The summed E-state index contributed by atoms with van der Waals surface area (Å²) in [4.78, 5) is 14.9. The standard InChI is InChI=1S/C14H11NO2.ClH/c16-14(17)9-13(11-5-2-1-3-6-11)12-7-4-8-15-10-12;/h1-10H,(H,16,17);1H/b13-9-;. The van der Waals surface area contributed by atoms with E-state index in [1.54, 1.807) is 18.5 Å². The van der Waals surface area contributed by atoms with Gasteiger partial charge in [0, 0.05) is 24.0 Å². The molecular formula is C14H12ClNO2. The molecule has 0 amide bonds. The number of nitrogens with zero attached hydrogens (tertiary/aromatic N) is 1. The molecule has 18 heavy (non-hydrogen) atoms. The summed E-state index contributed by atoms with van der Waals surface area (Å²) < 4.78 is 0. The van der Waals surface area contributed by atoms with Gasteiger partial charge in [0.25, 0.3) is 0 Å². The Morgan fingerprint density at radius 2 is 1.72 bits per heavy atom. The fourth-order valence-corrected chi connectivity index (χ4v) is 1.60. The van der Waals surface area contributed by atoms with Crippen LogP contribution in [0, 0.1) is 0 Å². The maximum atomic E-state index is 10.9. The number of carbonyl (C=O) groups is 1. The van der Waals surface area contributed by atoms with Crippen LogP contribution in [0.3, 0.4) is 0 Å². The largest absolute Gasteiger partial charge is 0.478 e. The summed E-state index contributed by atoms with van der Waals surface area (Å²) in [6.07, 6.45) is 4.51. The Hall–Kier alpha value is -2.13. The summed E-state index contributed by atoms with van der Waals surface area (Å²) in [5.41, 5.74) is 2.32. The van der Waals surface area contributed by atoms with E-state index in [2.05, 4.69) is 4.98 Å². The number of hydrogen-bond donors (Lipinski definition) is 1. The molecule has 4 heteroatoms. The number of aliphatic carboxylic acids is 1.